The summed E-state index contributed by atoms with van der Waals surface area (Å²) in [6.45, 7) is 1.86. The van der Waals surface area contributed by atoms with Gasteiger partial charge in [0.1, 0.15) is 11.6 Å². The lowest BCUT2D eigenvalue weighted by Gasteiger charge is -2.10. The molecule has 0 radical (unpaired) electrons. The van der Waals surface area contributed by atoms with Gasteiger partial charge in [-0.3, -0.25) is 9.59 Å². The summed E-state index contributed by atoms with van der Waals surface area (Å²) in [6.07, 6.45) is -0.335. The van der Waals surface area contributed by atoms with Gasteiger partial charge in [-0.25, -0.2) is 8.78 Å². The number of carbonyl (C=O) groups excluding carboxylic acids is 1. The number of hydrogen-bond donors (Lipinski definition) is 2. The highest BCUT2D eigenvalue weighted by molar-refractivity contribution is 5.78. The quantitative estimate of drug-likeness (QED) is 0.828. The summed E-state index contributed by atoms with van der Waals surface area (Å²) in [5.74, 6) is -2.89. The van der Waals surface area contributed by atoms with E-state index in [0.29, 0.717) is 0 Å². The van der Waals surface area contributed by atoms with Crippen LogP contribution in [0.2, 0.25) is 0 Å². The van der Waals surface area contributed by atoms with E-state index in [0.717, 1.165) is 18.2 Å². The van der Waals surface area contributed by atoms with E-state index in [2.05, 4.69) is 5.32 Å². The summed E-state index contributed by atoms with van der Waals surface area (Å²) in [4.78, 5) is 21.9. The van der Waals surface area contributed by atoms with Gasteiger partial charge in [-0.2, -0.15) is 0 Å². The second kappa shape index (κ2) is 6.82. The van der Waals surface area contributed by atoms with E-state index in [1.54, 1.807) is 6.92 Å². The second-order valence-corrected chi connectivity index (χ2v) is 4.42. The van der Waals surface area contributed by atoms with Crippen molar-refractivity contribution < 1.29 is 23.5 Å². The molecule has 2 N–H and O–H groups in total. The van der Waals surface area contributed by atoms with Gasteiger partial charge in [0.05, 0.1) is 6.42 Å². The predicted octanol–water partition coefficient (Wildman–Crippen LogP) is 1.73. The van der Waals surface area contributed by atoms with Gasteiger partial charge in [0.15, 0.2) is 0 Å². The van der Waals surface area contributed by atoms with E-state index in [-0.39, 0.29) is 30.9 Å². The second-order valence-electron chi connectivity index (χ2n) is 4.42. The molecule has 1 rings (SSSR count). The molecule has 6 heteroatoms. The lowest BCUT2D eigenvalue weighted by Crippen LogP contribution is -2.30. The molecule has 0 aromatic heterocycles. The average Bonchev–Trinajstić information content (AvgIpc) is 2.30. The largest absolute Gasteiger partial charge is 0.481 e. The number of hydrogen-bond acceptors (Lipinski definition) is 2. The van der Waals surface area contributed by atoms with Crippen molar-refractivity contribution in [1.82, 2.24) is 5.32 Å². The fourth-order valence-electron chi connectivity index (χ4n) is 1.57. The van der Waals surface area contributed by atoms with Crippen LogP contribution in [-0.2, 0) is 16.0 Å². The zero-order valence-corrected chi connectivity index (χ0v) is 10.5. The monoisotopic (exact) mass is 271 g/mol. The molecule has 1 aromatic rings. The SMILES string of the molecule is CC(CNC(=O)Cc1cc(F)ccc1F)CC(=O)O. The molecular weight excluding hydrogens is 256 g/mol. The van der Waals surface area contributed by atoms with Crippen molar-refractivity contribution in [3.63, 3.8) is 0 Å². The lowest BCUT2D eigenvalue weighted by atomic mass is 10.1. The minimum absolute atomic E-state index is 0.0246. The topological polar surface area (TPSA) is 66.4 Å². The summed E-state index contributed by atoms with van der Waals surface area (Å²) >= 11 is 0. The van der Waals surface area contributed by atoms with Crippen molar-refractivity contribution in [1.29, 1.82) is 0 Å². The molecule has 0 fully saturated rings. The molecular formula is C13H15F2NO3. The van der Waals surface area contributed by atoms with Gasteiger partial charge in [-0.05, 0) is 24.1 Å². The number of amides is 1. The summed E-state index contributed by atoms with van der Waals surface area (Å²) < 4.78 is 26.2. The number of rotatable bonds is 6. The number of carboxylic acids is 1. The van der Waals surface area contributed by atoms with Gasteiger partial charge in [0, 0.05) is 18.5 Å². The highest BCUT2D eigenvalue weighted by atomic mass is 19.1. The number of nitrogens with one attached hydrogen (secondary N) is 1. The molecule has 0 aliphatic carbocycles. The van der Waals surface area contributed by atoms with Crippen LogP contribution >= 0.6 is 0 Å². The van der Waals surface area contributed by atoms with Gasteiger partial charge in [0.25, 0.3) is 0 Å². The predicted molar refractivity (Wildman–Crippen MR) is 64.5 cm³/mol. The number of halogens is 2. The molecule has 1 atom stereocenters. The van der Waals surface area contributed by atoms with Crippen LogP contribution in [0.1, 0.15) is 18.9 Å². The Morgan fingerprint density at radius 2 is 2.05 bits per heavy atom. The van der Waals surface area contributed by atoms with Crippen LogP contribution in [-0.4, -0.2) is 23.5 Å². The number of benzene rings is 1. The summed E-state index contributed by atoms with van der Waals surface area (Å²) in [6, 6.07) is 2.91. The lowest BCUT2D eigenvalue weighted by molar-refractivity contribution is -0.138. The van der Waals surface area contributed by atoms with Crippen molar-refractivity contribution >= 4 is 11.9 Å². The van der Waals surface area contributed by atoms with Gasteiger partial charge in [-0.15, -0.1) is 0 Å². The molecule has 0 heterocycles. The van der Waals surface area contributed by atoms with Gasteiger partial charge in [0.2, 0.25) is 5.91 Å². The molecule has 0 aliphatic rings. The fraction of sp³-hybridized carbons (Fsp3) is 0.385. The minimum atomic E-state index is -0.946. The van der Waals surface area contributed by atoms with E-state index in [9.17, 15) is 18.4 Å². The van der Waals surface area contributed by atoms with E-state index < -0.39 is 23.5 Å². The first-order valence-electron chi connectivity index (χ1n) is 5.81. The summed E-state index contributed by atoms with van der Waals surface area (Å²) in [5.41, 5.74) is -0.0246. The Morgan fingerprint density at radius 1 is 1.37 bits per heavy atom. The third-order valence-electron chi connectivity index (χ3n) is 2.53. The van der Waals surface area contributed by atoms with Crippen molar-refractivity contribution in [2.45, 2.75) is 19.8 Å². The van der Waals surface area contributed by atoms with Gasteiger partial charge < -0.3 is 10.4 Å². The van der Waals surface area contributed by atoms with Gasteiger partial charge in [-0.1, -0.05) is 6.92 Å². The maximum Gasteiger partial charge on any atom is 0.303 e. The summed E-state index contributed by atoms with van der Waals surface area (Å²) in [5, 5.41) is 11.0. The standard InChI is InChI=1S/C13H15F2NO3/c1-8(4-13(18)19)7-16-12(17)6-9-5-10(14)2-3-11(9)15/h2-3,5,8H,4,6-7H2,1H3,(H,16,17)(H,18,19). The third-order valence-corrected chi connectivity index (χ3v) is 2.53. The molecule has 0 bridgehead atoms. The van der Waals surface area contributed by atoms with E-state index in [1.165, 1.54) is 0 Å². The average molecular weight is 271 g/mol. The highest BCUT2D eigenvalue weighted by Gasteiger charge is 2.12. The van der Waals surface area contributed by atoms with Crippen molar-refractivity contribution in [2.24, 2.45) is 5.92 Å². The van der Waals surface area contributed by atoms with Crippen molar-refractivity contribution in [3.05, 3.63) is 35.4 Å². The Morgan fingerprint density at radius 3 is 2.68 bits per heavy atom. The van der Waals surface area contributed by atoms with Crippen LogP contribution in [0.25, 0.3) is 0 Å². The zero-order chi connectivity index (χ0) is 14.4. The van der Waals surface area contributed by atoms with Crippen LogP contribution in [0.5, 0.6) is 0 Å². The smallest absolute Gasteiger partial charge is 0.303 e. The van der Waals surface area contributed by atoms with Gasteiger partial charge >= 0.3 is 5.97 Å². The van der Waals surface area contributed by atoms with E-state index in [4.69, 9.17) is 5.11 Å². The number of carbonyl (C=O) groups is 2. The Balaban J connectivity index is 2.47. The Bertz CT molecular complexity index is 477. The first kappa shape index (κ1) is 15.1. The molecule has 0 aliphatic heterocycles. The molecule has 104 valence electrons. The molecule has 1 amide bonds. The van der Waals surface area contributed by atoms with Crippen molar-refractivity contribution in [3.8, 4) is 0 Å². The summed E-state index contributed by atoms with van der Waals surface area (Å²) in [7, 11) is 0. The van der Waals surface area contributed by atoms with Crippen LogP contribution in [0.15, 0.2) is 18.2 Å². The fourth-order valence-corrected chi connectivity index (χ4v) is 1.57. The molecule has 0 saturated heterocycles. The first-order valence-corrected chi connectivity index (χ1v) is 5.81. The minimum Gasteiger partial charge on any atom is -0.481 e. The molecule has 19 heavy (non-hydrogen) atoms. The molecule has 4 nitrogen and oxygen atoms in total. The van der Waals surface area contributed by atoms with Crippen LogP contribution < -0.4 is 5.32 Å². The number of carboxylic acid groups (broad SMARTS) is 1. The Labute approximate surface area is 109 Å². The molecule has 1 unspecified atom stereocenters. The first-order chi connectivity index (χ1) is 8.88. The molecule has 0 saturated carbocycles. The molecule has 0 spiro atoms. The Kier molecular flexibility index (Phi) is 5.41. The van der Waals surface area contributed by atoms with Crippen LogP contribution in [0.4, 0.5) is 8.78 Å². The maximum atomic E-state index is 13.3. The van der Waals surface area contributed by atoms with E-state index >= 15 is 0 Å². The third kappa shape index (κ3) is 5.46. The van der Waals surface area contributed by atoms with Crippen LogP contribution in [0.3, 0.4) is 0 Å². The zero-order valence-electron chi connectivity index (χ0n) is 10.5. The maximum absolute atomic E-state index is 13.3. The van der Waals surface area contributed by atoms with E-state index in [1.807, 2.05) is 0 Å². The van der Waals surface area contributed by atoms with Crippen molar-refractivity contribution in [2.75, 3.05) is 6.54 Å². The Hall–Kier alpha value is -1.98. The highest BCUT2D eigenvalue weighted by Crippen LogP contribution is 2.10. The number of aliphatic carboxylic acids is 1. The normalized spacial score (nSPS) is 11.9. The van der Waals surface area contributed by atoms with Crippen LogP contribution in [0, 0.1) is 17.6 Å². The molecule has 1 aromatic carbocycles.